The first-order valence-electron chi connectivity index (χ1n) is 10.4. The average molecular weight is 474 g/mol. The first-order valence-corrected chi connectivity index (χ1v) is 12.2. The molecule has 4 rings (SSSR count). The summed E-state index contributed by atoms with van der Waals surface area (Å²) in [6, 6.07) is 12.0. The predicted molar refractivity (Wildman–Crippen MR) is 123 cm³/mol. The number of aryl methyl sites for hydroxylation is 2. The maximum absolute atomic E-state index is 13.4. The Balaban J connectivity index is 1.72. The zero-order valence-corrected chi connectivity index (χ0v) is 19.5. The fourth-order valence-corrected chi connectivity index (χ4v) is 5.83. The minimum Gasteiger partial charge on any atom is -0.360 e. The zero-order valence-electron chi connectivity index (χ0n) is 17.9. The lowest BCUT2D eigenvalue weighted by Gasteiger charge is -2.27. The van der Waals surface area contributed by atoms with Gasteiger partial charge in [-0.3, -0.25) is 4.79 Å². The highest BCUT2D eigenvalue weighted by atomic mass is 35.5. The quantitative estimate of drug-likeness (QED) is 0.560. The molecule has 32 heavy (non-hydrogen) atoms. The molecule has 0 bridgehead atoms. The molecule has 0 atom stereocenters. The molecule has 7 nitrogen and oxygen atoms in total. The van der Waals surface area contributed by atoms with Crippen LogP contribution in [0.1, 0.15) is 40.9 Å². The van der Waals surface area contributed by atoms with Gasteiger partial charge in [0.05, 0.1) is 10.7 Å². The number of hydrogen-bond acceptors (Lipinski definition) is 5. The van der Waals surface area contributed by atoms with E-state index in [1.54, 1.807) is 49.4 Å². The highest BCUT2D eigenvalue weighted by Gasteiger charge is 2.30. The van der Waals surface area contributed by atoms with E-state index >= 15 is 0 Å². The van der Waals surface area contributed by atoms with E-state index in [2.05, 4.69) is 10.5 Å². The maximum atomic E-state index is 13.4. The van der Waals surface area contributed by atoms with Crippen LogP contribution >= 0.6 is 11.6 Å². The Hall–Kier alpha value is -2.68. The van der Waals surface area contributed by atoms with Crippen molar-refractivity contribution in [1.82, 2.24) is 9.46 Å². The molecule has 0 unspecified atom stereocenters. The summed E-state index contributed by atoms with van der Waals surface area (Å²) in [7, 11) is -3.75. The van der Waals surface area contributed by atoms with Crippen LogP contribution in [0.25, 0.3) is 11.3 Å². The van der Waals surface area contributed by atoms with Crippen LogP contribution in [0, 0.1) is 13.8 Å². The smallest absolute Gasteiger partial charge is 0.261 e. The number of rotatable bonds is 5. The Morgan fingerprint density at radius 3 is 2.53 bits per heavy atom. The van der Waals surface area contributed by atoms with Crippen molar-refractivity contribution in [2.24, 2.45) is 0 Å². The number of amides is 1. The fraction of sp³-hybridized carbons (Fsp3) is 0.304. The Kier molecular flexibility index (Phi) is 6.37. The normalized spacial score (nSPS) is 15.0. The fourth-order valence-electron chi connectivity index (χ4n) is 3.85. The Morgan fingerprint density at radius 2 is 1.81 bits per heavy atom. The van der Waals surface area contributed by atoms with Crippen molar-refractivity contribution in [2.75, 3.05) is 18.4 Å². The Labute approximate surface area is 192 Å². The van der Waals surface area contributed by atoms with Crippen LogP contribution in [0.15, 0.2) is 51.9 Å². The number of benzene rings is 2. The van der Waals surface area contributed by atoms with Crippen LogP contribution in [0.2, 0.25) is 5.02 Å². The molecular formula is C23H24ClN3O4S. The molecule has 9 heteroatoms. The highest BCUT2D eigenvalue weighted by molar-refractivity contribution is 7.89. The summed E-state index contributed by atoms with van der Waals surface area (Å²) < 4.78 is 33.5. The number of piperidine rings is 1. The first-order chi connectivity index (χ1) is 15.3. The molecule has 1 N–H and O–H groups in total. The molecule has 1 aromatic heterocycles. The van der Waals surface area contributed by atoms with Crippen LogP contribution < -0.4 is 5.32 Å². The summed E-state index contributed by atoms with van der Waals surface area (Å²) in [6.07, 6.45) is 2.67. The third-order valence-electron chi connectivity index (χ3n) is 5.54. The second-order valence-electron chi connectivity index (χ2n) is 7.86. The molecule has 3 aromatic rings. The van der Waals surface area contributed by atoms with Gasteiger partial charge in [0.2, 0.25) is 10.0 Å². The topological polar surface area (TPSA) is 92.5 Å². The molecular weight excluding hydrogens is 450 g/mol. The van der Waals surface area contributed by atoms with Gasteiger partial charge in [-0.2, -0.15) is 4.31 Å². The second kappa shape index (κ2) is 9.05. The molecule has 0 spiro atoms. The van der Waals surface area contributed by atoms with Crippen LogP contribution in [0.3, 0.4) is 0 Å². The molecule has 2 aromatic carbocycles. The van der Waals surface area contributed by atoms with E-state index in [1.165, 1.54) is 4.31 Å². The molecule has 1 fully saturated rings. The number of halogens is 1. The second-order valence-corrected chi connectivity index (χ2v) is 10.2. The van der Waals surface area contributed by atoms with Crippen LogP contribution in [0.5, 0.6) is 0 Å². The number of aromatic nitrogens is 1. The molecule has 1 aliphatic heterocycles. The minimum absolute atomic E-state index is 0.0844. The number of sulfonamides is 1. The van der Waals surface area contributed by atoms with Gasteiger partial charge >= 0.3 is 0 Å². The lowest BCUT2D eigenvalue weighted by Crippen LogP contribution is -2.36. The number of carbonyl (C=O) groups is 1. The molecule has 0 radical (unpaired) electrons. The summed E-state index contributed by atoms with van der Waals surface area (Å²) in [5.74, 6) is -0.206. The van der Waals surface area contributed by atoms with Gasteiger partial charge in [-0.1, -0.05) is 47.4 Å². The Bertz CT molecular complexity index is 1260. The van der Waals surface area contributed by atoms with Gasteiger partial charge < -0.3 is 9.84 Å². The van der Waals surface area contributed by atoms with Crippen LogP contribution in [0.4, 0.5) is 5.69 Å². The molecule has 0 saturated carbocycles. The number of nitrogens with one attached hydrogen (secondary N) is 1. The lowest BCUT2D eigenvalue weighted by molar-refractivity contribution is 0.102. The van der Waals surface area contributed by atoms with Gasteiger partial charge in [0.15, 0.2) is 0 Å². The monoisotopic (exact) mass is 473 g/mol. The van der Waals surface area contributed by atoms with Crippen LogP contribution in [-0.4, -0.2) is 36.9 Å². The summed E-state index contributed by atoms with van der Waals surface area (Å²) in [4.78, 5) is 13.4. The zero-order chi connectivity index (χ0) is 22.9. The SMILES string of the molecule is Cc1ccc(NC(=O)c2c(-c3ccccc3Cl)noc2C)c(S(=O)(=O)N2CCCCC2)c1. The van der Waals surface area contributed by atoms with E-state index in [0.717, 1.165) is 24.8 Å². The van der Waals surface area contributed by atoms with Crippen molar-refractivity contribution >= 4 is 33.2 Å². The third kappa shape index (κ3) is 4.30. The number of anilines is 1. The van der Waals surface area contributed by atoms with Crippen molar-refractivity contribution in [1.29, 1.82) is 0 Å². The van der Waals surface area contributed by atoms with Gasteiger partial charge in [-0.15, -0.1) is 0 Å². The van der Waals surface area contributed by atoms with E-state index < -0.39 is 15.9 Å². The third-order valence-corrected chi connectivity index (χ3v) is 7.81. The summed E-state index contributed by atoms with van der Waals surface area (Å²) in [6.45, 7) is 4.40. The largest absolute Gasteiger partial charge is 0.360 e. The summed E-state index contributed by atoms with van der Waals surface area (Å²) in [5, 5.41) is 7.22. The molecule has 0 aliphatic carbocycles. The molecule has 1 aliphatic rings. The van der Waals surface area contributed by atoms with Crippen molar-refractivity contribution in [2.45, 2.75) is 38.0 Å². The lowest BCUT2D eigenvalue weighted by atomic mass is 10.1. The van der Waals surface area contributed by atoms with Crippen molar-refractivity contribution in [3.05, 3.63) is 64.4 Å². The van der Waals surface area contributed by atoms with E-state index in [-0.39, 0.29) is 16.1 Å². The Morgan fingerprint density at radius 1 is 1.09 bits per heavy atom. The average Bonchev–Trinajstić information content (AvgIpc) is 3.17. The van der Waals surface area contributed by atoms with E-state index in [1.807, 2.05) is 6.92 Å². The number of carbonyl (C=O) groups excluding carboxylic acids is 1. The molecule has 1 saturated heterocycles. The van der Waals surface area contributed by atoms with E-state index in [0.29, 0.717) is 35.1 Å². The van der Waals surface area contributed by atoms with Gasteiger partial charge in [-0.25, -0.2) is 8.42 Å². The van der Waals surface area contributed by atoms with Gasteiger partial charge in [0, 0.05) is 18.7 Å². The maximum Gasteiger partial charge on any atom is 0.261 e. The highest BCUT2D eigenvalue weighted by Crippen LogP contribution is 2.33. The summed E-state index contributed by atoms with van der Waals surface area (Å²) >= 11 is 6.30. The van der Waals surface area contributed by atoms with E-state index in [4.69, 9.17) is 16.1 Å². The van der Waals surface area contributed by atoms with Crippen molar-refractivity contribution in [3.63, 3.8) is 0 Å². The van der Waals surface area contributed by atoms with Gasteiger partial charge in [-0.05, 0) is 50.5 Å². The number of hydrogen-bond donors (Lipinski definition) is 1. The van der Waals surface area contributed by atoms with Crippen molar-refractivity contribution in [3.8, 4) is 11.3 Å². The van der Waals surface area contributed by atoms with E-state index in [9.17, 15) is 13.2 Å². The van der Waals surface area contributed by atoms with Gasteiger partial charge in [0.25, 0.3) is 5.91 Å². The minimum atomic E-state index is -3.75. The standard InChI is InChI=1S/C23H24ClN3O4S/c1-15-10-11-19(20(14-15)32(29,30)27-12-6-3-7-13-27)25-23(28)21-16(2)31-26-22(21)17-8-4-5-9-18(17)24/h4-5,8-11,14H,3,6-7,12-13H2,1-2H3,(H,25,28). The molecule has 1 amide bonds. The van der Waals surface area contributed by atoms with Gasteiger partial charge in [0.1, 0.15) is 21.9 Å². The summed E-state index contributed by atoms with van der Waals surface area (Å²) in [5.41, 5.74) is 2.08. The molecule has 168 valence electrons. The molecule has 2 heterocycles. The number of nitrogens with zero attached hydrogens (tertiary/aromatic N) is 2. The predicted octanol–water partition coefficient (Wildman–Crippen LogP) is 5.04. The first kappa shape index (κ1) is 22.5. The van der Waals surface area contributed by atoms with Crippen molar-refractivity contribution < 1.29 is 17.7 Å². The van der Waals surface area contributed by atoms with Crippen LogP contribution in [-0.2, 0) is 10.0 Å².